The predicted octanol–water partition coefficient (Wildman–Crippen LogP) is 4.55. The van der Waals surface area contributed by atoms with Gasteiger partial charge in [-0.15, -0.1) is 0 Å². The molecule has 9 atom stereocenters. The lowest BCUT2D eigenvalue weighted by Crippen LogP contribution is -2.64. The highest BCUT2D eigenvalue weighted by molar-refractivity contribution is 5.90. The summed E-state index contributed by atoms with van der Waals surface area (Å²) < 4.78 is 12.8. The summed E-state index contributed by atoms with van der Waals surface area (Å²) in [4.78, 5) is 28.9. The topological polar surface area (TPSA) is 76.1 Å². The second kappa shape index (κ2) is 8.53. The first-order chi connectivity index (χ1) is 16.5. The van der Waals surface area contributed by atoms with E-state index in [-0.39, 0.29) is 23.9 Å². The van der Waals surface area contributed by atoms with Gasteiger partial charge >= 0.3 is 5.97 Å². The van der Waals surface area contributed by atoms with Gasteiger partial charge in [-0.3, -0.25) is 9.69 Å². The van der Waals surface area contributed by atoms with E-state index in [0.717, 1.165) is 49.8 Å². The fourth-order valence-corrected chi connectivity index (χ4v) is 9.47. The zero-order chi connectivity index (χ0) is 25.3. The second-order valence-corrected chi connectivity index (χ2v) is 12.8. The van der Waals surface area contributed by atoms with Crippen molar-refractivity contribution >= 4 is 12.3 Å². The minimum Gasteiger partial charge on any atom is -0.481 e. The van der Waals surface area contributed by atoms with E-state index >= 15 is 0 Å². The number of carboxylic acid groups (broad SMARTS) is 1. The Morgan fingerprint density at radius 1 is 1.31 bits per heavy atom. The number of aldehydes is 1. The summed E-state index contributed by atoms with van der Waals surface area (Å²) in [6.45, 7) is 17.2. The fourth-order valence-electron chi connectivity index (χ4n) is 9.47. The summed E-state index contributed by atoms with van der Waals surface area (Å²) in [5.74, 6) is 0.305. The largest absolute Gasteiger partial charge is 0.481 e. The van der Waals surface area contributed by atoms with Crippen molar-refractivity contribution in [3.05, 3.63) is 23.8 Å². The number of fused-ring (bicyclic) bond motifs is 2. The van der Waals surface area contributed by atoms with Gasteiger partial charge in [0.05, 0.1) is 18.1 Å². The molecule has 4 fully saturated rings. The van der Waals surface area contributed by atoms with Gasteiger partial charge in [0.25, 0.3) is 0 Å². The number of carbonyl (C=O) groups excluding carboxylic acids is 1. The van der Waals surface area contributed by atoms with Crippen LogP contribution in [0.1, 0.15) is 60.3 Å². The molecule has 1 N–H and O–H groups in total. The number of ether oxygens (including phenoxy) is 2. The Balaban J connectivity index is 1.53. The Morgan fingerprint density at radius 3 is 2.69 bits per heavy atom. The van der Waals surface area contributed by atoms with Crippen LogP contribution in [0.2, 0.25) is 0 Å². The molecule has 3 saturated carbocycles. The maximum atomic E-state index is 13.5. The van der Waals surface area contributed by atoms with Gasteiger partial charge in [0, 0.05) is 25.0 Å². The standard InChI is InChI=1S/C29H43NO5/c1-17(2)12-30-13-20(6)35-25(14-30)34-16-28-11-22-19(5)7-8-23(22)27(15-31)10-21(28)9-24(18(3)4)29(27,28)26(32)33/h9,15,18-23,25H,1,7-8,10-14,16H2,2-6H3,(H,32,33)/t19-,20-,21+,22-,23-,25-,27+,28?,29+/m1/s1. The average molecular weight is 486 g/mol. The number of nitrogens with zero attached hydrogens (tertiary/aromatic N) is 1. The quantitative estimate of drug-likeness (QED) is 0.402. The second-order valence-electron chi connectivity index (χ2n) is 12.8. The summed E-state index contributed by atoms with van der Waals surface area (Å²) >= 11 is 0. The van der Waals surface area contributed by atoms with Crippen molar-refractivity contribution in [3.63, 3.8) is 0 Å². The highest BCUT2D eigenvalue weighted by Crippen LogP contribution is 2.82. The monoisotopic (exact) mass is 485 g/mol. The van der Waals surface area contributed by atoms with Gasteiger partial charge in [0.1, 0.15) is 11.7 Å². The third kappa shape index (κ3) is 3.25. The van der Waals surface area contributed by atoms with Crippen LogP contribution in [0.4, 0.5) is 0 Å². The lowest BCUT2D eigenvalue weighted by Gasteiger charge is -2.58. The van der Waals surface area contributed by atoms with Crippen LogP contribution < -0.4 is 0 Å². The fraction of sp³-hybridized carbons (Fsp3) is 0.793. The smallest absolute Gasteiger partial charge is 0.315 e. The summed E-state index contributed by atoms with van der Waals surface area (Å²) in [5, 5.41) is 11.1. The van der Waals surface area contributed by atoms with Crippen molar-refractivity contribution in [2.75, 3.05) is 26.2 Å². The molecular formula is C29H43NO5. The Hall–Kier alpha value is -1.50. The van der Waals surface area contributed by atoms with Crippen LogP contribution in [0, 0.1) is 45.8 Å². The molecule has 1 unspecified atom stereocenters. The van der Waals surface area contributed by atoms with Gasteiger partial charge in [0.2, 0.25) is 0 Å². The van der Waals surface area contributed by atoms with E-state index in [1.165, 1.54) is 0 Å². The van der Waals surface area contributed by atoms with Crippen LogP contribution in [0.15, 0.2) is 23.8 Å². The molecule has 6 heteroatoms. The highest BCUT2D eigenvalue weighted by atomic mass is 16.7. The molecule has 5 aliphatic rings. The van der Waals surface area contributed by atoms with Crippen molar-refractivity contribution < 1.29 is 24.2 Å². The third-order valence-electron chi connectivity index (χ3n) is 10.4. The van der Waals surface area contributed by atoms with Crippen LogP contribution in [0.5, 0.6) is 0 Å². The first-order valence-corrected chi connectivity index (χ1v) is 13.6. The Morgan fingerprint density at radius 2 is 2.06 bits per heavy atom. The number of hydrogen-bond donors (Lipinski definition) is 1. The van der Waals surface area contributed by atoms with Crippen molar-refractivity contribution in [1.29, 1.82) is 0 Å². The molecule has 0 aromatic carbocycles. The minimum atomic E-state index is -1.19. The van der Waals surface area contributed by atoms with E-state index in [1.54, 1.807) is 0 Å². The van der Waals surface area contributed by atoms with Crippen molar-refractivity contribution in [2.24, 2.45) is 45.8 Å². The lowest BCUT2D eigenvalue weighted by molar-refractivity contribution is -0.235. The molecule has 0 amide bonds. The zero-order valence-electron chi connectivity index (χ0n) is 22.1. The predicted molar refractivity (Wildman–Crippen MR) is 134 cm³/mol. The molecule has 1 aliphatic heterocycles. The highest BCUT2D eigenvalue weighted by Gasteiger charge is 2.84. The first kappa shape index (κ1) is 25.2. The number of morpholine rings is 1. The van der Waals surface area contributed by atoms with Gasteiger partial charge in [0.15, 0.2) is 6.29 Å². The van der Waals surface area contributed by atoms with Crippen LogP contribution in [-0.4, -0.2) is 60.9 Å². The molecule has 1 saturated heterocycles. The number of carboxylic acids is 1. The molecule has 4 bridgehead atoms. The first-order valence-electron chi connectivity index (χ1n) is 13.6. The Labute approximate surface area is 210 Å². The third-order valence-corrected chi connectivity index (χ3v) is 10.4. The van der Waals surface area contributed by atoms with Crippen molar-refractivity contribution in [1.82, 2.24) is 4.90 Å². The maximum absolute atomic E-state index is 13.5. The molecule has 6 nitrogen and oxygen atoms in total. The van der Waals surface area contributed by atoms with Crippen LogP contribution in [0.3, 0.4) is 0 Å². The molecule has 1 heterocycles. The normalized spacial score (nSPS) is 46.5. The van der Waals surface area contributed by atoms with E-state index in [4.69, 9.17) is 9.47 Å². The van der Waals surface area contributed by atoms with Gasteiger partial charge in [-0.25, -0.2) is 0 Å². The molecule has 0 radical (unpaired) electrons. The van der Waals surface area contributed by atoms with Gasteiger partial charge in [-0.05, 0) is 62.7 Å². The summed E-state index contributed by atoms with van der Waals surface area (Å²) in [5.41, 5.74) is -0.588. The molecule has 0 spiro atoms. The van der Waals surface area contributed by atoms with Crippen molar-refractivity contribution in [3.8, 4) is 0 Å². The van der Waals surface area contributed by atoms with Crippen molar-refractivity contribution in [2.45, 2.75) is 72.7 Å². The molecule has 194 valence electrons. The number of rotatable bonds is 8. The Kier molecular flexibility index (Phi) is 6.13. The van der Waals surface area contributed by atoms with Gasteiger partial charge in [-0.1, -0.05) is 51.0 Å². The van der Waals surface area contributed by atoms with Gasteiger partial charge in [-0.2, -0.15) is 0 Å². The summed E-state index contributed by atoms with van der Waals surface area (Å²) in [6, 6.07) is 0. The number of aliphatic carboxylic acids is 1. The van der Waals surface area contributed by atoms with E-state index in [9.17, 15) is 14.7 Å². The van der Waals surface area contributed by atoms with E-state index < -0.39 is 28.5 Å². The molecule has 35 heavy (non-hydrogen) atoms. The number of allylic oxidation sites excluding steroid dienone is 1. The van der Waals surface area contributed by atoms with Crippen LogP contribution in [0.25, 0.3) is 0 Å². The van der Waals surface area contributed by atoms with Crippen LogP contribution in [-0.2, 0) is 19.1 Å². The van der Waals surface area contributed by atoms with E-state index in [2.05, 4.69) is 45.2 Å². The summed E-state index contributed by atoms with van der Waals surface area (Å²) in [7, 11) is 0. The van der Waals surface area contributed by atoms with Gasteiger partial charge < -0.3 is 19.4 Å². The lowest BCUT2D eigenvalue weighted by atomic mass is 9.43. The molecule has 5 rings (SSSR count). The molecule has 0 aromatic heterocycles. The minimum absolute atomic E-state index is 0.0309. The zero-order valence-corrected chi connectivity index (χ0v) is 22.1. The van der Waals surface area contributed by atoms with Crippen LogP contribution >= 0.6 is 0 Å². The molecule has 4 aliphatic carbocycles. The summed E-state index contributed by atoms with van der Waals surface area (Å²) in [6.07, 6.45) is 6.40. The van der Waals surface area contributed by atoms with E-state index in [0.29, 0.717) is 31.4 Å². The molecule has 0 aromatic rings. The number of hydrogen-bond acceptors (Lipinski definition) is 5. The van der Waals surface area contributed by atoms with E-state index in [1.807, 2.05) is 6.92 Å². The molecular weight excluding hydrogens is 442 g/mol. The average Bonchev–Trinajstić information content (AvgIpc) is 3.34. The Bertz CT molecular complexity index is 943. The SMILES string of the molecule is C=C(C)CN1C[C@H](OCC23C[C@@H]4[C@H](C)CC[C@H]4[C@@]4(C=O)C[C@@H]2C=C(C(C)C)[C@@]34C(=O)O)O[C@H](C)C1. The maximum Gasteiger partial charge on any atom is 0.315 e. The number of carbonyl (C=O) groups is 2.